The predicted molar refractivity (Wildman–Crippen MR) is 92.0 cm³/mol. The quantitative estimate of drug-likeness (QED) is 0.543. The van der Waals surface area contributed by atoms with Gasteiger partial charge in [-0.1, -0.05) is 78.9 Å². The standard InChI is InChI=1S/C21H18/c1-16(2)18-10-6-12-20(14-18)21-13-7-11-19(15-21)17-8-4-3-5-9-17/h3-15H,1H2,2H3. The highest BCUT2D eigenvalue weighted by molar-refractivity contribution is 5.75. The molecule has 3 aromatic rings. The van der Waals surface area contributed by atoms with Crippen LogP contribution in [0.25, 0.3) is 27.8 Å². The normalized spacial score (nSPS) is 10.3. The van der Waals surface area contributed by atoms with Gasteiger partial charge in [-0.15, -0.1) is 0 Å². The monoisotopic (exact) mass is 270 g/mol. The van der Waals surface area contributed by atoms with Crippen LogP contribution in [0.15, 0.2) is 85.4 Å². The highest BCUT2D eigenvalue weighted by atomic mass is 14.1. The molecule has 0 aliphatic heterocycles. The summed E-state index contributed by atoms with van der Waals surface area (Å²) in [5.74, 6) is 0. The maximum absolute atomic E-state index is 4.03. The highest BCUT2D eigenvalue weighted by Crippen LogP contribution is 2.27. The van der Waals surface area contributed by atoms with Crippen LogP contribution < -0.4 is 0 Å². The summed E-state index contributed by atoms with van der Waals surface area (Å²) >= 11 is 0. The van der Waals surface area contributed by atoms with Crippen molar-refractivity contribution in [2.45, 2.75) is 6.92 Å². The van der Waals surface area contributed by atoms with E-state index >= 15 is 0 Å². The lowest BCUT2D eigenvalue weighted by molar-refractivity contribution is 1.55. The summed E-state index contributed by atoms with van der Waals surface area (Å²) in [6.07, 6.45) is 0. The minimum absolute atomic E-state index is 1.09. The summed E-state index contributed by atoms with van der Waals surface area (Å²) in [6.45, 7) is 6.07. The molecule has 0 atom stereocenters. The molecule has 0 amide bonds. The third kappa shape index (κ3) is 2.95. The van der Waals surface area contributed by atoms with E-state index in [1.807, 2.05) is 13.0 Å². The van der Waals surface area contributed by atoms with Gasteiger partial charge in [0.1, 0.15) is 0 Å². The van der Waals surface area contributed by atoms with Crippen molar-refractivity contribution >= 4 is 5.57 Å². The Morgan fingerprint density at radius 3 is 1.81 bits per heavy atom. The van der Waals surface area contributed by atoms with Crippen molar-refractivity contribution in [3.63, 3.8) is 0 Å². The van der Waals surface area contributed by atoms with E-state index in [2.05, 4.69) is 79.4 Å². The lowest BCUT2D eigenvalue weighted by Gasteiger charge is -2.08. The van der Waals surface area contributed by atoms with Crippen LogP contribution in [0.4, 0.5) is 0 Å². The summed E-state index contributed by atoms with van der Waals surface area (Å²) in [7, 11) is 0. The van der Waals surface area contributed by atoms with Crippen LogP contribution in [-0.2, 0) is 0 Å². The Hall–Kier alpha value is -2.60. The maximum Gasteiger partial charge on any atom is -0.0178 e. The Labute approximate surface area is 126 Å². The lowest BCUT2D eigenvalue weighted by atomic mass is 9.97. The molecule has 0 aromatic heterocycles. The van der Waals surface area contributed by atoms with Crippen molar-refractivity contribution in [2.75, 3.05) is 0 Å². The lowest BCUT2D eigenvalue weighted by Crippen LogP contribution is -1.83. The fourth-order valence-corrected chi connectivity index (χ4v) is 2.47. The van der Waals surface area contributed by atoms with Crippen LogP contribution in [0.5, 0.6) is 0 Å². The second-order valence-electron chi connectivity index (χ2n) is 5.31. The van der Waals surface area contributed by atoms with Crippen LogP contribution in [-0.4, -0.2) is 0 Å². The zero-order chi connectivity index (χ0) is 14.7. The van der Waals surface area contributed by atoms with Gasteiger partial charge in [-0.05, 0) is 46.9 Å². The van der Waals surface area contributed by atoms with Gasteiger partial charge in [0.15, 0.2) is 0 Å². The Kier molecular flexibility index (Phi) is 3.70. The Morgan fingerprint density at radius 2 is 1.14 bits per heavy atom. The van der Waals surface area contributed by atoms with Gasteiger partial charge in [0, 0.05) is 0 Å². The van der Waals surface area contributed by atoms with Gasteiger partial charge in [-0.3, -0.25) is 0 Å². The second-order valence-corrected chi connectivity index (χ2v) is 5.31. The first-order valence-corrected chi connectivity index (χ1v) is 7.16. The average Bonchev–Trinajstić information content (AvgIpc) is 2.56. The summed E-state index contributed by atoms with van der Waals surface area (Å²) in [5, 5.41) is 0. The zero-order valence-corrected chi connectivity index (χ0v) is 12.2. The van der Waals surface area contributed by atoms with Gasteiger partial charge in [-0.2, -0.15) is 0 Å². The predicted octanol–water partition coefficient (Wildman–Crippen LogP) is 6.05. The molecule has 102 valence electrons. The molecule has 3 aromatic carbocycles. The number of hydrogen-bond donors (Lipinski definition) is 0. The molecule has 0 saturated heterocycles. The van der Waals surface area contributed by atoms with Gasteiger partial charge >= 0.3 is 0 Å². The molecule has 0 bridgehead atoms. The molecule has 0 spiro atoms. The van der Waals surface area contributed by atoms with Crippen molar-refractivity contribution in [3.8, 4) is 22.3 Å². The van der Waals surface area contributed by atoms with E-state index in [9.17, 15) is 0 Å². The first kappa shape index (κ1) is 13.4. The topological polar surface area (TPSA) is 0 Å². The van der Waals surface area contributed by atoms with E-state index in [-0.39, 0.29) is 0 Å². The maximum atomic E-state index is 4.03. The van der Waals surface area contributed by atoms with Gasteiger partial charge in [0.25, 0.3) is 0 Å². The highest BCUT2D eigenvalue weighted by Gasteiger charge is 2.02. The Morgan fingerprint density at radius 1 is 0.619 bits per heavy atom. The van der Waals surface area contributed by atoms with E-state index in [1.54, 1.807) is 0 Å². The van der Waals surface area contributed by atoms with Crippen molar-refractivity contribution in [1.29, 1.82) is 0 Å². The number of hydrogen-bond acceptors (Lipinski definition) is 0. The van der Waals surface area contributed by atoms with Gasteiger partial charge in [0.2, 0.25) is 0 Å². The molecule has 0 heterocycles. The number of allylic oxidation sites excluding steroid dienone is 1. The SMILES string of the molecule is C=C(C)c1cccc(-c2cccc(-c3ccccc3)c2)c1. The van der Waals surface area contributed by atoms with Crippen LogP contribution in [0, 0.1) is 0 Å². The molecular formula is C21H18. The fraction of sp³-hybridized carbons (Fsp3) is 0.0476. The number of benzene rings is 3. The molecule has 3 rings (SSSR count). The zero-order valence-electron chi connectivity index (χ0n) is 12.2. The third-order valence-electron chi connectivity index (χ3n) is 3.66. The van der Waals surface area contributed by atoms with Crippen molar-refractivity contribution in [2.24, 2.45) is 0 Å². The molecule has 0 saturated carbocycles. The molecule has 0 heteroatoms. The van der Waals surface area contributed by atoms with E-state index in [0.717, 1.165) is 5.57 Å². The molecule has 0 unspecified atom stereocenters. The summed E-state index contributed by atoms with van der Waals surface area (Å²) in [4.78, 5) is 0. The van der Waals surface area contributed by atoms with Crippen molar-refractivity contribution in [3.05, 3.63) is 91.0 Å². The largest absolute Gasteiger partial charge is 0.0955 e. The smallest absolute Gasteiger partial charge is 0.0178 e. The first-order valence-electron chi connectivity index (χ1n) is 7.16. The summed E-state index contributed by atoms with van der Waals surface area (Å²) < 4.78 is 0. The molecule has 0 radical (unpaired) electrons. The van der Waals surface area contributed by atoms with E-state index < -0.39 is 0 Å². The third-order valence-corrected chi connectivity index (χ3v) is 3.66. The first-order chi connectivity index (χ1) is 10.2. The Bertz CT molecular complexity index is 767. The van der Waals surface area contributed by atoms with Gasteiger partial charge in [0.05, 0.1) is 0 Å². The molecule has 0 fully saturated rings. The van der Waals surface area contributed by atoms with Crippen molar-refractivity contribution in [1.82, 2.24) is 0 Å². The summed E-state index contributed by atoms with van der Waals surface area (Å²) in [6, 6.07) is 27.7. The molecule has 0 N–H and O–H groups in total. The van der Waals surface area contributed by atoms with Crippen LogP contribution in [0.1, 0.15) is 12.5 Å². The van der Waals surface area contributed by atoms with E-state index in [1.165, 1.54) is 27.8 Å². The van der Waals surface area contributed by atoms with Gasteiger partial charge in [-0.25, -0.2) is 0 Å². The number of rotatable bonds is 3. The van der Waals surface area contributed by atoms with Crippen LogP contribution in [0.2, 0.25) is 0 Å². The molecule has 0 aliphatic rings. The second kappa shape index (κ2) is 5.80. The minimum atomic E-state index is 1.09. The minimum Gasteiger partial charge on any atom is -0.0955 e. The molecule has 21 heavy (non-hydrogen) atoms. The molecule has 0 nitrogen and oxygen atoms in total. The average molecular weight is 270 g/mol. The van der Waals surface area contributed by atoms with Crippen LogP contribution in [0.3, 0.4) is 0 Å². The summed E-state index contributed by atoms with van der Waals surface area (Å²) in [5.41, 5.74) is 7.24. The fourth-order valence-electron chi connectivity index (χ4n) is 2.47. The molecule has 0 aliphatic carbocycles. The van der Waals surface area contributed by atoms with E-state index in [4.69, 9.17) is 0 Å². The van der Waals surface area contributed by atoms with Crippen LogP contribution >= 0.6 is 0 Å². The molecular weight excluding hydrogens is 252 g/mol. The van der Waals surface area contributed by atoms with Gasteiger partial charge < -0.3 is 0 Å². The van der Waals surface area contributed by atoms with E-state index in [0.29, 0.717) is 0 Å². The Balaban J connectivity index is 2.04. The van der Waals surface area contributed by atoms with Crippen molar-refractivity contribution < 1.29 is 0 Å².